The molecule has 1 saturated carbocycles. The van der Waals surface area contributed by atoms with Crippen LogP contribution in [0.5, 0.6) is 0 Å². The van der Waals surface area contributed by atoms with Crippen molar-refractivity contribution in [3.8, 4) is 0 Å². The SMILES string of the molecule is CC(C)=CCC1=C2O[C@H](C(C)(C)O)CCC3(C)[C@@H](CC=C(C)C)C[C@](CC=C(C)C)(C1=O)C(=O)[C@]23C(=O)C(C)C. The first-order valence-corrected chi connectivity index (χ1v) is 15.0. The van der Waals surface area contributed by atoms with E-state index in [9.17, 15) is 14.7 Å². The Labute approximate surface area is 242 Å². The second-order valence-corrected chi connectivity index (χ2v) is 14.4. The third-order valence-electron chi connectivity index (χ3n) is 9.70. The van der Waals surface area contributed by atoms with Gasteiger partial charge in [0.25, 0.3) is 0 Å². The van der Waals surface area contributed by atoms with Crippen LogP contribution in [0, 0.1) is 28.1 Å². The van der Waals surface area contributed by atoms with Crippen molar-refractivity contribution in [3.63, 3.8) is 0 Å². The number of hydrogen-bond donors (Lipinski definition) is 1. The van der Waals surface area contributed by atoms with E-state index in [0.717, 1.165) is 11.1 Å². The quantitative estimate of drug-likeness (QED) is 0.235. The highest BCUT2D eigenvalue weighted by atomic mass is 16.5. The van der Waals surface area contributed by atoms with Crippen molar-refractivity contribution in [2.24, 2.45) is 28.1 Å². The van der Waals surface area contributed by atoms with Crippen LogP contribution in [0.25, 0.3) is 0 Å². The number of aliphatic hydroxyl groups is 1. The number of allylic oxidation sites excluding steroid dienone is 8. The van der Waals surface area contributed by atoms with E-state index in [0.29, 0.717) is 37.7 Å². The number of hydrogen-bond acceptors (Lipinski definition) is 5. The van der Waals surface area contributed by atoms with Crippen LogP contribution in [0.4, 0.5) is 0 Å². The summed E-state index contributed by atoms with van der Waals surface area (Å²) in [6.45, 7) is 21.2. The lowest BCUT2D eigenvalue weighted by molar-refractivity contribution is -0.178. The highest BCUT2D eigenvalue weighted by Crippen LogP contribution is 2.70. The molecule has 2 bridgehead atoms. The Morgan fingerprint density at radius 2 is 1.60 bits per heavy atom. The van der Waals surface area contributed by atoms with Gasteiger partial charge in [-0.2, -0.15) is 0 Å². The molecule has 222 valence electrons. The van der Waals surface area contributed by atoms with Gasteiger partial charge in [0.15, 0.2) is 22.8 Å². The fourth-order valence-electron chi connectivity index (χ4n) is 7.32. The topological polar surface area (TPSA) is 80.7 Å². The molecular formula is C35H52O5. The minimum atomic E-state index is -1.59. The van der Waals surface area contributed by atoms with E-state index in [-0.39, 0.29) is 35.4 Å². The van der Waals surface area contributed by atoms with E-state index >= 15 is 4.79 Å². The van der Waals surface area contributed by atoms with Gasteiger partial charge in [0.2, 0.25) is 0 Å². The molecule has 5 nitrogen and oxygen atoms in total. The summed E-state index contributed by atoms with van der Waals surface area (Å²) >= 11 is 0. The number of fused-ring (bicyclic) bond motifs is 1. The van der Waals surface area contributed by atoms with E-state index in [1.165, 1.54) is 5.57 Å². The molecule has 0 aromatic rings. The van der Waals surface area contributed by atoms with Crippen LogP contribution in [0.2, 0.25) is 0 Å². The molecule has 0 radical (unpaired) electrons. The lowest BCUT2D eigenvalue weighted by atomic mass is 9.38. The molecule has 0 aromatic heterocycles. The molecule has 40 heavy (non-hydrogen) atoms. The first kappa shape index (κ1) is 32.2. The van der Waals surface area contributed by atoms with Crippen molar-refractivity contribution >= 4 is 17.3 Å². The molecule has 3 rings (SSSR count). The summed E-state index contributed by atoms with van der Waals surface area (Å²) in [5, 5.41) is 11.2. The Kier molecular flexibility index (Phi) is 9.02. The molecule has 3 aliphatic rings. The minimum Gasteiger partial charge on any atom is -0.490 e. The van der Waals surface area contributed by atoms with Crippen LogP contribution in [0.3, 0.4) is 0 Å². The monoisotopic (exact) mass is 552 g/mol. The number of ether oxygens (including phenoxy) is 1. The second kappa shape index (κ2) is 11.2. The van der Waals surface area contributed by atoms with Gasteiger partial charge in [0, 0.05) is 11.5 Å². The standard InChI is InChI=1S/C35H52O5/c1-21(2)12-14-25-20-34(19-16-23(5)6)29(37)26(15-13-22(3)4)30-35(31(34)38,28(36)24(7)8)33(25,11)18-17-27(40-30)32(9,10)39/h12-13,16,24-25,27,39H,14-15,17-20H2,1-11H3/t25-,27-,33?,34+,35-/m0/s1. The predicted octanol–water partition coefficient (Wildman–Crippen LogP) is 7.64. The van der Waals surface area contributed by atoms with Gasteiger partial charge in [-0.1, -0.05) is 55.7 Å². The molecule has 5 heteroatoms. The van der Waals surface area contributed by atoms with Crippen LogP contribution >= 0.6 is 0 Å². The van der Waals surface area contributed by atoms with Gasteiger partial charge < -0.3 is 9.84 Å². The van der Waals surface area contributed by atoms with Crippen LogP contribution in [-0.2, 0) is 19.1 Å². The zero-order chi connectivity index (χ0) is 30.4. The van der Waals surface area contributed by atoms with Crippen LogP contribution < -0.4 is 0 Å². The summed E-state index contributed by atoms with van der Waals surface area (Å²) in [6.07, 6.45) is 8.18. The molecule has 0 spiro atoms. The third-order valence-corrected chi connectivity index (χ3v) is 9.70. The summed E-state index contributed by atoms with van der Waals surface area (Å²) in [4.78, 5) is 44.8. The summed E-state index contributed by atoms with van der Waals surface area (Å²) in [5.41, 5.74) is -1.24. The van der Waals surface area contributed by atoms with E-state index in [1.54, 1.807) is 13.8 Å². The number of ketones is 3. The number of carbonyl (C=O) groups excluding carboxylic acids is 3. The molecule has 5 atom stereocenters. The molecule has 2 fully saturated rings. The zero-order valence-electron chi connectivity index (χ0n) is 26.8. The minimum absolute atomic E-state index is 0.0959. The van der Waals surface area contributed by atoms with Crippen LogP contribution in [0.1, 0.15) is 115 Å². The fraction of sp³-hybridized carbons (Fsp3) is 0.686. The van der Waals surface area contributed by atoms with Gasteiger partial charge in [-0.15, -0.1) is 0 Å². The number of rotatable bonds is 9. The van der Waals surface area contributed by atoms with Gasteiger partial charge >= 0.3 is 0 Å². The molecular weight excluding hydrogens is 500 g/mol. The second-order valence-electron chi connectivity index (χ2n) is 14.4. The Morgan fingerprint density at radius 1 is 1.02 bits per heavy atom. The normalized spacial score (nSPS) is 31.8. The van der Waals surface area contributed by atoms with Gasteiger partial charge in [-0.25, -0.2) is 0 Å². The Hall–Kier alpha value is -2.27. The average Bonchev–Trinajstić information content (AvgIpc) is 2.98. The van der Waals surface area contributed by atoms with Crippen molar-refractivity contribution in [3.05, 3.63) is 46.3 Å². The van der Waals surface area contributed by atoms with E-state index in [4.69, 9.17) is 4.74 Å². The average molecular weight is 553 g/mol. The first-order chi connectivity index (χ1) is 18.4. The van der Waals surface area contributed by atoms with Gasteiger partial charge in [-0.3, -0.25) is 14.4 Å². The lowest BCUT2D eigenvalue weighted by Gasteiger charge is -2.61. The van der Waals surface area contributed by atoms with Crippen LogP contribution in [-0.4, -0.2) is 34.2 Å². The van der Waals surface area contributed by atoms with Crippen molar-refractivity contribution in [1.29, 1.82) is 0 Å². The van der Waals surface area contributed by atoms with Crippen molar-refractivity contribution in [2.45, 2.75) is 126 Å². The Bertz CT molecular complexity index is 1180. The van der Waals surface area contributed by atoms with E-state index in [1.807, 2.05) is 53.7 Å². The third kappa shape index (κ3) is 5.12. The first-order valence-electron chi connectivity index (χ1n) is 15.0. The predicted molar refractivity (Wildman–Crippen MR) is 161 cm³/mol. The Morgan fingerprint density at radius 3 is 2.10 bits per heavy atom. The zero-order valence-corrected chi connectivity index (χ0v) is 26.8. The smallest absolute Gasteiger partial charge is 0.176 e. The molecule has 1 aliphatic heterocycles. The fourth-order valence-corrected chi connectivity index (χ4v) is 7.32. The maximum absolute atomic E-state index is 15.2. The van der Waals surface area contributed by atoms with Gasteiger partial charge in [0.05, 0.1) is 11.0 Å². The molecule has 0 amide bonds. The van der Waals surface area contributed by atoms with Crippen molar-refractivity contribution in [2.75, 3.05) is 0 Å². The van der Waals surface area contributed by atoms with E-state index in [2.05, 4.69) is 26.8 Å². The lowest BCUT2D eigenvalue weighted by Crippen LogP contribution is -2.69. The highest BCUT2D eigenvalue weighted by molar-refractivity contribution is 6.27. The maximum atomic E-state index is 15.2. The Balaban J connectivity index is 2.57. The number of carbonyl (C=O) groups is 3. The molecule has 0 aromatic carbocycles. The summed E-state index contributed by atoms with van der Waals surface area (Å²) < 4.78 is 6.71. The van der Waals surface area contributed by atoms with Crippen molar-refractivity contribution in [1.82, 2.24) is 0 Å². The van der Waals surface area contributed by atoms with Crippen molar-refractivity contribution < 1.29 is 24.2 Å². The summed E-state index contributed by atoms with van der Waals surface area (Å²) in [7, 11) is 0. The highest BCUT2D eigenvalue weighted by Gasteiger charge is 2.77. The van der Waals surface area contributed by atoms with Crippen LogP contribution in [0.15, 0.2) is 46.3 Å². The van der Waals surface area contributed by atoms with Gasteiger partial charge in [0.1, 0.15) is 11.9 Å². The maximum Gasteiger partial charge on any atom is 0.176 e. The summed E-state index contributed by atoms with van der Waals surface area (Å²) in [5.74, 6) is -0.985. The molecule has 1 heterocycles. The van der Waals surface area contributed by atoms with Gasteiger partial charge in [-0.05, 0) is 105 Å². The molecule has 1 saturated heterocycles. The molecule has 2 aliphatic carbocycles. The molecule has 1 N–H and O–H groups in total. The number of Topliss-reactive ketones (excluding diaryl/α,β-unsaturated/α-hetero) is 3. The summed E-state index contributed by atoms with van der Waals surface area (Å²) in [6, 6.07) is 0. The largest absolute Gasteiger partial charge is 0.490 e. The molecule has 1 unspecified atom stereocenters. The van der Waals surface area contributed by atoms with E-state index < -0.39 is 33.9 Å².